The number of amides is 1. The van der Waals surface area contributed by atoms with E-state index in [1.54, 1.807) is 19.1 Å². The normalized spacial score (nSPS) is 11.5. The van der Waals surface area contributed by atoms with Crippen LogP contribution in [0.25, 0.3) is 0 Å². The molecule has 0 heterocycles. The SMILES string of the molecule is COc1ccc([N+](=O)[O-])cc1NCC(=O)NC(C)c1ccc(F)cc1. The van der Waals surface area contributed by atoms with Crippen molar-refractivity contribution in [1.29, 1.82) is 0 Å². The minimum atomic E-state index is -0.526. The molecule has 8 heteroatoms. The first kappa shape index (κ1) is 18.2. The van der Waals surface area contributed by atoms with Crippen molar-refractivity contribution < 1.29 is 18.8 Å². The number of ether oxygens (including phenoxy) is 1. The molecule has 0 aliphatic rings. The van der Waals surface area contributed by atoms with Gasteiger partial charge in [-0.05, 0) is 30.7 Å². The Morgan fingerprint density at radius 3 is 2.56 bits per heavy atom. The van der Waals surface area contributed by atoms with Crippen LogP contribution in [-0.4, -0.2) is 24.5 Å². The molecule has 0 aliphatic heterocycles. The van der Waals surface area contributed by atoms with Crippen LogP contribution in [0.3, 0.4) is 0 Å². The van der Waals surface area contributed by atoms with Crippen molar-refractivity contribution in [3.8, 4) is 5.75 Å². The van der Waals surface area contributed by atoms with Gasteiger partial charge >= 0.3 is 0 Å². The molecular weight excluding hydrogens is 329 g/mol. The molecule has 132 valence electrons. The number of nitrogens with one attached hydrogen (secondary N) is 2. The average molecular weight is 347 g/mol. The lowest BCUT2D eigenvalue weighted by Gasteiger charge is -2.16. The first-order chi connectivity index (χ1) is 11.9. The summed E-state index contributed by atoms with van der Waals surface area (Å²) in [6, 6.07) is 9.61. The van der Waals surface area contributed by atoms with Gasteiger partial charge in [-0.25, -0.2) is 4.39 Å². The van der Waals surface area contributed by atoms with E-state index < -0.39 is 4.92 Å². The second-order valence-electron chi connectivity index (χ2n) is 5.34. The monoisotopic (exact) mass is 347 g/mol. The summed E-state index contributed by atoms with van der Waals surface area (Å²) in [5.41, 5.74) is 1.01. The van der Waals surface area contributed by atoms with E-state index >= 15 is 0 Å². The largest absolute Gasteiger partial charge is 0.495 e. The molecule has 0 fully saturated rings. The van der Waals surface area contributed by atoms with E-state index in [-0.39, 0.29) is 30.0 Å². The van der Waals surface area contributed by atoms with Crippen LogP contribution < -0.4 is 15.4 Å². The molecule has 0 saturated heterocycles. The molecule has 0 aromatic heterocycles. The molecule has 1 atom stereocenters. The number of halogens is 1. The van der Waals surface area contributed by atoms with Crippen LogP contribution in [0, 0.1) is 15.9 Å². The second-order valence-corrected chi connectivity index (χ2v) is 5.34. The fraction of sp³-hybridized carbons (Fsp3) is 0.235. The molecule has 2 N–H and O–H groups in total. The maximum atomic E-state index is 12.9. The zero-order valence-electron chi connectivity index (χ0n) is 13.8. The number of hydrogen-bond acceptors (Lipinski definition) is 5. The summed E-state index contributed by atoms with van der Waals surface area (Å²) in [7, 11) is 1.43. The van der Waals surface area contributed by atoms with Crippen molar-refractivity contribution in [2.45, 2.75) is 13.0 Å². The van der Waals surface area contributed by atoms with Gasteiger partial charge in [-0.1, -0.05) is 12.1 Å². The van der Waals surface area contributed by atoms with Crippen molar-refractivity contribution in [3.63, 3.8) is 0 Å². The molecule has 0 saturated carbocycles. The number of nitrogens with zero attached hydrogens (tertiary/aromatic N) is 1. The summed E-state index contributed by atoms with van der Waals surface area (Å²) >= 11 is 0. The highest BCUT2D eigenvalue weighted by Crippen LogP contribution is 2.28. The minimum absolute atomic E-state index is 0.0942. The Kier molecular flexibility index (Phi) is 5.89. The van der Waals surface area contributed by atoms with E-state index in [1.807, 2.05) is 0 Å². The third-order valence-electron chi connectivity index (χ3n) is 3.58. The maximum Gasteiger partial charge on any atom is 0.271 e. The van der Waals surface area contributed by atoms with Crippen LogP contribution in [0.2, 0.25) is 0 Å². The highest BCUT2D eigenvalue weighted by Gasteiger charge is 2.13. The van der Waals surface area contributed by atoms with Crippen LogP contribution in [0.5, 0.6) is 5.75 Å². The van der Waals surface area contributed by atoms with Crippen molar-refractivity contribution >= 4 is 17.3 Å². The van der Waals surface area contributed by atoms with E-state index in [0.29, 0.717) is 11.4 Å². The molecule has 1 unspecified atom stereocenters. The Morgan fingerprint density at radius 2 is 1.96 bits per heavy atom. The van der Waals surface area contributed by atoms with Gasteiger partial charge < -0.3 is 15.4 Å². The number of carbonyl (C=O) groups is 1. The molecule has 0 spiro atoms. The van der Waals surface area contributed by atoms with Crippen LogP contribution >= 0.6 is 0 Å². The quantitative estimate of drug-likeness (QED) is 0.593. The molecule has 2 rings (SSSR count). The number of anilines is 1. The van der Waals surface area contributed by atoms with Gasteiger partial charge in [-0.2, -0.15) is 0 Å². The highest BCUT2D eigenvalue weighted by atomic mass is 19.1. The Bertz CT molecular complexity index is 765. The number of rotatable bonds is 7. The van der Waals surface area contributed by atoms with Crippen LogP contribution in [0.4, 0.5) is 15.8 Å². The van der Waals surface area contributed by atoms with E-state index in [1.165, 1.54) is 37.4 Å². The predicted octanol–water partition coefficient (Wildman–Crippen LogP) is 3.03. The number of carbonyl (C=O) groups excluding carboxylic acids is 1. The number of methoxy groups -OCH3 is 1. The van der Waals surface area contributed by atoms with Gasteiger partial charge in [0.15, 0.2) is 0 Å². The lowest BCUT2D eigenvalue weighted by atomic mass is 10.1. The first-order valence-corrected chi connectivity index (χ1v) is 7.52. The second kappa shape index (κ2) is 8.09. The lowest BCUT2D eigenvalue weighted by molar-refractivity contribution is -0.384. The highest BCUT2D eigenvalue weighted by molar-refractivity contribution is 5.82. The van der Waals surface area contributed by atoms with Gasteiger partial charge in [0.2, 0.25) is 5.91 Å². The van der Waals surface area contributed by atoms with Crippen LogP contribution in [-0.2, 0) is 4.79 Å². The van der Waals surface area contributed by atoms with Gasteiger partial charge in [-0.15, -0.1) is 0 Å². The molecule has 2 aromatic carbocycles. The summed E-state index contributed by atoms with van der Waals surface area (Å²) in [5, 5.41) is 16.4. The standard InChI is InChI=1S/C17H18FN3O4/c1-11(12-3-5-13(18)6-4-12)20-17(22)10-19-15-9-14(21(23)24)7-8-16(15)25-2/h3-9,11,19H,10H2,1-2H3,(H,20,22). The van der Waals surface area contributed by atoms with Gasteiger partial charge in [-0.3, -0.25) is 14.9 Å². The van der Waals surface area contributed by atoms with Gasteiger partial charge in [0, 0.05) is 12.1 Å². The zero-order valence-corrected chi connectivity index (χ0v) is 13.8. The minimum Gasteiger partial charge on any atom is -0.495 e. The molecule has 0 aliphatic carbocycles. The van der Waals surface area contributed by atoms with Crippen molar-refractivity contribution in [2.24, 2.45) is 0 Å². The summed E-state index contributed by atoms with van der Waals surface area (Å²) in [6.07, 6.45) is 0. The summed E-state index contributed by atoms with van der Waals surface area (Å²) < 4.78 is 18.0. The fourth-order valence-electron chi connectivity index (χ4n) is 2.25. The number of nitro groups is 1. The Labute approximate surface area is 144 Å². The smallest absolute Gasteiger partial charge is 0.271 e. The lowest BCUT2D eigenvalue weighted by Crippen LogP contribution is -2.32. The van der Waals surface area contributed by atoms with Crippen LogP contribution in [0.15, 0.2) is 42.5 Å². The number of nitro benzene ring substituents is 1. The summed E-state index contributed by atoms with van der Waals surface area (Å²) in [6.45, 7) is 1.68. The van der Waals surface area contributed by atoms with Gasteiger partial charge in [0.05, 0.1) is 30.3 Å². The molecule has 7 nitrogen and oxygen atoms in total. The van der Waals surface area contributed by atoms with Crippen molar-refractivity contribution in [3.05, 3.63) is 64.0 Å². The van der Waals surface area contributed by atoms with Crippen molar-refractivity contribution in [2.75, 3.05) is 19.0 Å². The van der Waals surface area contributed by atoms with Gasteiger partial charge in [0.1, 0.15) is 11.6 Å². The Morgan fingerprint density at radius 1 is 1.28 bits per heavy atom. The third-order valence-corrected chi connectivity index (χ3v) is 3.58. The molecule has 1 amide bonds. The maximum absolute atomic E-state index is 12.9. The Hall–Kier alpha value is -3.16. The molecule has 0 radical (unpaired) electrons. The number of hydrogen-bond donors (Lipinski definition) is 2. The number of benzene rings is 2. The molecule has 25 heavy (non-hydrogen) atoms. The van der Waals surface area contributed by atoms with E-state index in [9.17, 15) is 19.3 Å². The van der Waals surface area contributed by atoms with Crippen molar-refractivity contribution in [1.82, 2.24) is 5.32 Å². The first-order valence-electron chi connectivity index (χ1n) is 7.52. The molecule has 2 aromatic rings. The van der Waals surface area contributed by atoms with E-state index in [4.69, 9.17) is 4.74 Å². The molecular formula is C17H18FN3O4. The summed E-state index contributed by atoms with van der Waals surface area (Å²) in [4.78, 5) is 22.4. The third kappa shape index (κ3) is 4.90. The fourth-order valence-corrected chi connectivity index (χ4v) is 2.25. The number of non-ortho nitro benzene ring substituents is 1. The summed E-state index contributed by atoms with van der Waals surface area (Å²) in [5.74, 6) is -0.267. The van der Waals surface area contributed by atoms with Gasteiger partial charge in [0.25, 0.3) is 5.69 Å². The Balaban J connectivity index is 1.98. The average Bonchev–Trinajstić information content (AvgIpc) is 2.60. The van der Waals surface area contributed by atoms with Crippen LogP contribution in [0.1, 0.15) is 18.5 Å². The molecule has 0 bridgehead atoms. The topological polar surface area (TPSA) is 93.5 Å². The zero-order chi connectivity index (χ0) is 18.4. The van der Waals surface area contributed by atoms with E-state index in [0.717, 1.165) is 5.56 Å². The predicted molar refractivity (Wildman–Crippen MR) is 91.1 cm³/mol. The van der Waals surface area contributed by atoms with E-state index in [2.05, 4.69) is 10.6 Å².